The Bertz CT molecular complexity index is 851. The van der Waals surface area contributed by atoms with Gasteiger partial charge in [0, 0.05) is 5.69 Å². The van der Waals surface area contributed by atoms with Crippen molar-refractivity contribution in [3.63, 3.8) is 0 Å². The first-order valence-corrected chi connectivity index (χ1v) is 9.71. The van der Waals surface area contributed by atoms with E-state index in [2.05, 4.69) is 17.4 Å². The maximum atomic E-state index is 13.9. The molecule has 1 saturated carbocycles. The summed E-state index contributed by atoms with van der Waals surface area (Å²) in [5.74, 6) is 0.616. The molecule has 2 aliphatic rings. The van der Waals surface area contributed by atoms with Gasteiger partial charge in [-0.15, -0.1) is 0 Å². The molecule has 3 nitrogen and oxygen atoms in total. The van der Waals surface area contributed by atoms with Gasteiger partial charge < -0.3 is 10.1 Å². The highest BCUT2D eigenvalue weighted by Gasteiger charge is 2.20. The Balaban J connectivity index is 1.40. The lowest BCUT2D eigenvalue weighted by Crippen LogP contribution is -2.21. The van der Waals surface area contributed by atoms with Gasteiger partial charge in [-0.1, -0.05) is 50.3 Å². The van der Waals surface area contributed by atoms with Crippen LogP contribution in [-0.2, 0) is 11.2 Å². The number of ether oxygens (including phenoxy) is 1. The van der Waals surface area contributed by atoms with Gasteiger partial charge in [0.2, 0.25) is 0 Å². The minimum Gasteiger partial charge on any atom is -0.488 e. The summed E-state index contributed by atoms with van der Waals surface area (Å²) in [6.07, 6.45) is 9.40. The van der Waals surface area contributed by atoms with Crippen LogP contribution in [0.3, 0.4) is 0 Å². The molecule has 0 atom stereocenters. The van der Waals surface area contributed by atoms with E-state index >= 15 is 0 Å². The minimum atomic E-state index is -0.385. The van der Waals surface area contributed by atoms with Crippen LogP contribution in [0.25, 0.3) is 6.08 Å². The van der Waals surface area contributed by atoms with Crippen molar-refractivity contribution in [1.29, 1.82) is 0 Å². The summed E-state index contributed by atoms with van der Waals surface area (Å²) < 4.78 is 19.4. The molecule has 4 heteroatoms. The molecule has 0 saturated heterocycles. The molecule has 1 amide bonds. The molecule has 4 rings (SSSR count). The number of nitrogens with one attached hydrogen (secondary N) is 1. The van der Waals surface area contributed by atoms with Crippen LogP contribution in [0.15, 0.2) is 48.0 Å². The van der Waals surface area contributed by atoms with Crippen molar-refractivity contribution in [2.24, 2.45) is 5.92 Å². The number of halogens is 1. The van der Waals surface area contributed by atoms with Crippen LogP contribution in [0.2, 0.25) is 0 Å². The van der Waals surface area contributed by atoms with Crippen molar-refractivity contribution in [1.82, 2.24) is 0 Å². The average Bonchev–Trinajstić information content (AvgIpc) is 2.70. The molecule has 1 N–H and O–H groups in total. The van der Waals surface area contributed by atoms with Crippen molar-refractivity contribution in [2.45, 2.75) is 38.5 Å². The molecule has 1 aliphatic carbocycles. The third-order valence-electron chi connectivity index (χ3n) is 5.47. The maximum absolute atomic E-state index is 13.9. The monoisotopic (exact) mass is 365 g/mol. The fourth-order valence-electron chi connectivity index (χ4n) is 3.95. The summed E-state index contributed by atoms with van der Waals surface area (Å²) in [4.78, 5) is 12.5. The van der Waals surface area contributed by atoms with E-state index in [0.29, 0.717) is 16.9 Å². The lowest BCUT2D eigenvalue weighted by atomic mass is 9.85. The Morgan fingerprint density at radius 3 is 2.63 bits per heavy atom. The van der Waals surface area contributed by atoms with Crippen molar-refractivity contribution >= 4 is 17.7 Å². The Labute approximate surface area is 159 Å². The molecule has 27 heavy (non-hydrogen) atoms. The lowest BCUT2D eigenvalue weighted by molar-refractivity contribution is -0.113. The third kappa shape index (κ3) is 4.21. The molecule has 1 heterocycles. The molecule has 0 bridgehead atoms. The molecule has 1 aliphatic heterocycles. The van der Waals surface area contributed by atoms with Crippen molar-refractivity contribution in [2.75, 3.05) is 11.9 Å². The van der Waals surface area contributed by atoms with Crippen LogP contribution in [0.1, 0.15) is 43.2 Å². The van der Waals surface area contributed by atoms with Gasteiger partial charge in [-0.3, -0.25) is 4.79 Å². The summed E-state index contributed by atoms with van der Waals surface area (Å²) in [7, 11) is 0. The number of amides is 1. The highest BCUT2D eigenvalue weighted by Crippen LogP contribution is 2.29. The van der Waals surface area contributed by atoms with E-state index in [4.69, 9.17) is 4.74 Å². The Morgan fingerprint density at radius 1 is 1.07 bits per heavy atom. The van der Waals surface area contributed by atoms with Gasteiger partial charge in [0.05, 0.1) is 11.1 Å². The summed E-state index contributed by atoms with van der Waals surface area (Å²) in [5, 5.41) is 2.88. The number of carbonyl (C=O) groups excluding carboxylic acids is 1. The number of anilines is 1. The summed E-state index contributed by atoms with van der Waals surface area (Å²) in [6, 6.07) is 12.7. The quantitative estimate of drug-likeness (QED) is 0.792. The number of hydrogen-bond donors (Lipinski definition) is 1. The zero-order valence-corrected chi connectivity index (χ0v) is 15.3. The normalized spacial score (nSPS) is 16.9. The van der Waals surface area contributed by atoms with Gasteiger partial charge in [-0.25, -0.2) is 4.39 Å². The van der Waals surface area contributed by atoms with E-state index in [1.807, 2.05) is 12.1 Å². The van der Waals surface area contributed by atoms with Crippen LogP contribution < -0.4 is 10.1 Å². The molecule has 140 valence electrons. The molecule has 2 aromatic carbocycles. The van der Waals surface area contributed by atoms with Crippen LogP contribution in [-0.4, -0.2) is 12.5 Å². The standard InChI is InChI=1S/C23H24FNO2/c24-21-7-4-8-22-20(21)14-18(15-27-22)23(26)25-19-11-9-17(10-12-19)13-16-5-2-1-3-6-16/h4,7-12,14,16H,1-3,5-6,13,15H2,(H,25,26). The molecular formula is C23H24FNO2. The molecule has 0 unspecified atom stereocenters. The van der Waals surface area contributed by atoms with Crippen LogP contribution in [0, 0.1) is 11.7 Å². The summed E-state index contributed by atoms with van der Waals surface area (Å²) in [6.45, 7) is 0.141. The van der Waals surface area contributed by atoms with E-state index in [1.54, 1.807) is 18.2 Å². The maximum Gasteiger partial charge on any atom is 0.255 e. The Morgan fingerprint density at radius 2 is 1.85 bits per heavy atom. The van der Waals surface area contributed by atoms with Gasteiger partial charge in [0.1, 0.15) is 18.2 Å². The van der Waals surface area contributed by atoms with Gasteiger partial charge in [-0.2, -0.15) is 0 Å². The van der Waals surface area contributed by atoms with E-state index in [1.165, 1.54) is 43.7 Å². The zero-order valence-electron chi connectivity index (χ0n) is 15.3. The van der Waals surface area contributed by atoms with Crippen LogP contribution in [0.4, 0.5) is 10.1 Å². The van der Waals surface area contributed by atoms with Crippen molar-refractivity contribution in [3.8, 4) is 5.75 Å². The second kappa shape index (κ2) is 7.95. The van der Waals surface area contributed by atoms with E-state index in [-0.39, 0.29) is 18.3 Å². The Kier molecular flexibility index (Phi) is 5.23. The molecule has 1 fully saturated rings. The van der Waals surface area contributed by atoms with Crippen molar-refractivity contribution in [3.05, 3.63) is 65.0 Å². The van der Waals surface area contributed by atoms with E-state index in [0.717, 1.165) is 18.0 Å². The van der Waals surface area contributed by atoms with E-state index in [9.17, 15) is 9.18 Å². The number of benzene rings is 2. The Hall–Kier alpha value is -2.62. The predicted molar refractivity (Wildman–Crippen MR) is 105 cm³/mol. The zero-order chi connectivity index (χ0) is 18.6. The topological polar surface area (TPSA) is 38.3 Å². The second-order valence-electron chi connectivity index (χ2n) is 7.47. The fraction of sp³-hybridized carbons (Fsp3) is 0.348. The molecular weight excluding hydrogens is 341 g/mol. The van der Waals surface area contributed by atoms with Gasteiger partial charge >= 0.3 is 0 Å². The lowest BCUT2D eigenvalue weighted by Gasteiger charge is -2.21. The smallest absolute Gasteiger partial charge is 0.255 e. The molecule has 0 aromatic heterocycles. The fourth-order valence-corrected chi connectivity index (χ4v) is 3.95. The first kappa shape index (κ1) is 17.8. The first-order valence-electron chi connectivity index (χ1n) is 9.71. The molecule has 2 aromatic rings. The number of hydrogen-bond acceptors (Lipinski definition) is 2. The predicted octanol–water partition coefficient (Wildman–Crippen LogP) is 5.36. The van der Waals surface area contributed by atoms with Gasteiger partial charge in [0.25, 0.3) is 5.91 Å². The number of carbonyl (C=O) groups is 1. The SMILES string of the molecule is O=C(Nc1ccc(CC2CCCCC2)cc1)C1=Cc2c(F)cccc2OC1. The van der Waals surface area contributed by atoms with Gasteiger partial charge in [-0.05, 0) is 48.2 Å². The molecule has 0 radical (unpaired) electrons. The first-order chi connectivity index (χ1) is 13.2. The average molecular weight is 365 g/mol. The second-order valence-corrected chi connectivity index (χ2v) is 7.47. The highest BCUT2D eigenvalue weighted by molar-refractivity contribution is 6.07. The largest absolute Gasteiger partial charge is 0.488 e. The third-order valence-corrected chi connectivity index (χ3v) is 5.47. The number of rotatable bonds is 4. The van der Waals surface area contributed by atoms with Gasteiger partial charge in [0.15, 0.2) is 0 Å². The van der Waals surface area contributed by atoms with Crippen LogP contribution >= 0.6 is 0 Å². The summed E-state index contributed by atoms with van der Waals surface area (Å²) in [5.41, 5.74) is 2.80. The van der Waals surface area contributed by atoms with E-state index < -0.39 is 0 Å². The van der Waals surface area contributed by atoms with Crippen LogP contribution in [0.5, 0.6) is 5.75 Å². The highest BCUT2D eigenvalue weighted by atomic mass is 19.1. The number of fused-ring (bicyclic) bond motifs is 1. The minimum absolute atomic E-state index is 0.141. The molecule has 0 spiro atoms. The summed E-state index contributed by atoms with van der Waals surface area (Å²) >= 11 is 0. The van der Waals surface area contributed by atoms with Crippen molar-refractivity contribution < 1.29 is 13.9 Å².